The molecule has 2 aliphatic heterocycles. The van der Waals surface area contributed by atoms with E-state index >= 15 is 0 Å². The Morgan fingerprint density at radius 1 is 1.23 bits per heavy atom. The Morgan fingerprint density at radius 3 is 2.68 bits per heavy atom. The molecule has 2 saturated heterocycles. The van der Waals surface area contributed by atoms with Crippen molar-refractivity contribution in [3.05, 3.63) is 41.9 Å². The fourth-order valence-electron chi connectivity index (χ4n) is 3.85. The smallest absolute Gasteiger partial charge is 0.227 e. The molecule has 0 aliphatic carbocycles. The minimum absolute atomic E-state index is 0.0632. The topological polar surface area (TPSA) is 96.9 Å². The molecule has 1 N–H and O–H groups in total. The van der Waals surface area contributed by atoms with Crippen LogP contribution in [-0.4, -0.2) is 61.7 Å². The van der Waals surface area contributed by atoms with E-state index in [2.05, 4.69) is 20.2 Å². The number of rotatable bonds is 6. The molecule has 0 radical (unpaired) electrons. The minimum Gasteiger partial charge on any atom is -0.497 e. The molecule has 2 aromatic rings. The summed E-state index contributed by atoms with van der Waals surface area (Å²) in [6.07, 6.45) is 0.186. The molecule has 1 aromatic carbocycles. The van der Waals surface area contributed by atoms with Gasteiger partial charge in [0.1, 0.15) is 17.4 Å². The average Bonchev–Trinajstić information content (AvgIpc) is 3.19. The number of benzene rings is 1. The summed E-state index contributed by atoms with van der Waals surface area (Å²) >= 11 is 0. The van der Waals surface area contributed by atoms with Gasteiger partial charge in [0.25, 0.3) is 0 Å². The van der Waals surface area contributed by atoms with E-state index in [4.69, 9.17) is 9.47 Å². The van der Waals surface area contributed by atoms with Crippen molar-refractivity contribution in [2.75, 3.05) is 49.8 Å². The number of carbonyl (C=O) groups is 2. The van der Waals surface area contributed by atoms with Gasteiger partial charge < -0.3 is 24.6 Å². The first-order valence-corrected chi connectivity index (χ1v) is 10.4. The van der Waals surface area contributed by atoms with Gasteiger partial charge >= 0.3 is 0 Å². The SMILES string of the molecule is COc1ccc(N2CC(C(=O)NCc3nc(C)cc(N4CCOCC4)n3)CC2=O)cc1. The Kier molecular flexibility index (Phi) is 6.31. The Hall–Kier alpha value is -3.20. The predicted molar refractivity (Wildman–Crippen MR) is 115 cm³/mol. The maximum atomic E-state index is 12.7. The molecule has 164 valence electrons. The fraction of sp³-hybridized carbons (Fsp3) is 0.455. The number of anilines is 2. The number of hydrogen-bond acceptors (Lipinski definition) is 7. The van der Waals surface area contributed by atoms with Gasteiger partial charge in [0.05, 0.1) is 32.8 Å². The summed E-state index contributed by atoms with van der Waals surface area (Å²) in [5.41, 5.74) is 1.61. The lowest BCUT2D eigenvalue weighted by Gasteiger charge is -2.28. The molecule has 1 aromatic heterocycles. The third kappa shape index (κ3) is 4.93. The lowest BCUT2D eigenvalue weighted by atomic mass is 10.1. The third-order valence-corrected chi connectivity index (χ3v) is 5.52. The van der Waals surface area contributed by atoms with E-state index in [1.165, 1.54) is 0 Å². The molecular formula is C22H27N5O4. The van der Waals surface area contributed by atoms with Gasteiger partial charge in [-0.3, -0.25) is 9.59 Å². The maximum absolute atomic E-state index is 12.7. The standard InChI is InChI=1S/C22H27N5O4/c1-15-11-20(26-7-9-31-10-8-26)25-19(24-15)13-23-22(29)16-12-21(28)27(14-16)17-3-5-18(30-2)6-4-17/h3-6,11,16H,7-10,12-14H2,1-2H3,(H,23,29). The van der Waals surface area contributed by atoms with Crippen molar-refractivity contribution in [2.24, 2.45) is 5.92 Å². The van der Waals surface area contributed by atoms with Gasteiger partial charge in [-0.15, -0.1) is 0 Å². The Bertz CT molecular complexity index is 943. The van der Waals surface area contributed by atoms with E-state index in [1.807, 2.05) is 25.1 Å². The van der Waals surface area contributed by atoms with Crippen molar-refractivity contribution in [3.63, 3.8) is 0 Å². The number of morpholine rings is 1. The second-order valence-electron chi connectivity index (χ2n) is 7.70. The van der Waals surface area contributed by atoms with E-state index in [0.29, 0.717) is 25.6 Å². The highest BCUT2D eigenvalue weighted by atomic mass is 16.5. The van der Waals surface area contributed by atoms with Crippen LogP contribution in [0.1, 0.15) is 17.9 Å². The Balaban J connectivity index is 1.36. The van der Waals surface area contributed by atoms with Crippen LogP contribution in [0.25, 0.3) is 0 Å². The van der Waals surface area contributed by atoms with E-state index in [9.17, 15) is 9.59 Å². The largest absolute Gasteiger partial charge is 0.497 e. The number of nitrogens with zero attached hydrogens (tertiary/aromatic N) is 4. The predicted octanol–water partition coefficient (Wildman–Crippen LogP) is 1.30. The molecule has 1 atom stereocenters. The lowest BCUT2D eigenvalue weighted by Crippen LogP contribution is -2.37. The Morgan fingerprint density at radius 2 is 1.97 bits per heavy atom. The van der Waals surface area contributed by atoms with Crippen molar-refractivity contribution < 1.29 is 19.1 Å². The number of aryl methyl sites for hydroxylation is 1. The zero-order valence-corrected chi connectivity index (χ0v) is 17.8. The van der Waals surface area contributed by atoms with Crippen LogP contribution >= 0.6 is 0 Å². The average molecular weight is 425 g/mol. The highest BCUT2D eigenvalue weighted by Crippen LogP contribution is 2.27. The number of methoxy groups -OCH3 is 1. The highest BCUT2D eigenvalue weighted by molar-refractivity contribution is 6.00. The lowest BCUT2D eigenvalue weighted by molar-refractivity contribution is -0.126. The number of amides is 2. The van der Waals surface area contributed by atoms with E-state index in [-0.39, 0.29) is 24.8 Å². The molecule has 0 spiro atoms. The molecule has 9 heteroatoms. The van der Waals surface area contributed by atoms with Crippen LogP contribution in [-0.2, 0) is 20.9 Å². The first kappa shape index (κ1) is 21.0. The zero-order chi connectivity index (χ0) is 21.8. The van der Waals surface area contributed by atoms with Gasteiger partial charge in [0, 0.05) is 43.5 Å². The number of hydrogen-bond donors (Lipinski definition) is 1. The van der Waals surface area contributed by atoms with Crippen molar-refractivity contribution in [1.29, 1.82) is 0 Å². The monoisotopic (exact) mass is 425 g/mol. The van der Waals surface area contributed by atoms with Gasteiger partial charge in [-0.1, -0.05) is 0 Å². The van der Waals surface area contributed by atoms with Crippen molar-refractivity contribution in [2.45, 2.75) is 19.9 Å². The van der Waals surface area contributed by atoms with Crippen LogP contribution in [0, 0.1) is 12.8 Å². The van der Waals surface area contributed by atoms with Gasteiger partial charge in [0.2, 0.25) is 11.8 Å². The summed E-state index contributed by atoms with van der Waals surface area (Å²) in [7, 11) is 1.60. The molecule has 3 heterocycles. The van der Waals surface area contributed by atoms with E-state index < -0.39 is 5.92 Å². The normalized spacial score (nSPS) is 18.9. The van der Waals surface area contributed by atoms with E-state index in [0.717, 1.165) is 36.0 Å². The number of nitrogens with one attached hydrogen (secondary N) is 1. The highest BCUT2D eigenvalue weighted by Gasteiger charge is 2.35. The summed E-state index contributed by atoms with van der Waals surface area (Å²) in [4.78, 5) is 38.0. The fourth-order valence-corrected chi connectivity index (χ4v) is 3.85. The first-order chi connectivity index (χ1) is 15.0. The van der Waals surface area contributed by atoms with Crippen molar-refractivity contribution in [3.8, 4) is 5.75 Å². The zero-order valence-electron chi connectivity index (χ0n) is 17.8. The molecule has 4 rings (SSSR count). The van der Waals surface area contributed by atoms with Crippen molar-refractivity contribution >= 4 is 23.3 Å². The van der Waals surface area contributed by atoms with Gasteiger partial charge in [0.15, 0.2) is 0 Å². The summed E-state index contributed by atoms with van der Waals surface area (Å²) in [5.74, 6) is 1.50. The minimum atomic E-state index is -0.405. The second-order valence-corrected chi connectivity index (χ2v) is 7.70. The van der Waals surface area contributed by atoms with E-state index in [1.54, 1.807) is 24.1 Å². The number of ether oxygens (including phenoxy) is 2. The second kappa shape index (κ2) is 9.30. The van der Waals surface area contributed by atoms with Crippen LogP contribution in [0.3, 0.4) is 0 Å². The summed E-state index contributed by atoms with van der Waals surface area (Å²) < 4.78 is 10.6. The molecule has 2 fully saturated rings. The van der Waals surface area contributed by atoms with Crippen LogP contribution in [0.4, 0.5) is 11.5 Å². The molecule has 9 nitrogen and oxygen atoms in total. The van der Waals surface area contributed by atoms with Crippen LogP contribution < -0.4 is 19.9 Å². The van der Waals surface area contributed by atoms with Gasteiger partial charge in [-0.25, -0.2) is 9.97 Å². The van der Waals surface area contributed by atoms with Crippen molar-refractivity contribution in [1.82, 2.24) is 15.3 Å². The summed E-state index contributed by atoms with van der Waals surface area (Å²) in [5, 5.41) is 2.90. The molecule has 0 saturated carbocycles. The molecule has 2 amide bonds. The molecule has 31 heavy (non-hydrogen) atoms. The quantitative estimate of drug-likeness (QED) is 0.745. The molecular weight excluding hydrogens is 398 g/mol. The third-order valence-electron chi connectivity index (χ3n) is 5.52. The van der Waals surface area contributed by atoms with Gasteiger partial charge in [-0.05, 0) is 31.2 Å². The number of aromatic nitrogens is 2. The molecule has 2 aliphatic rings. The van der Waals surface area contributed by atoms with Crippen LogP contribution in [0.5, 0.6) is 5.75 Å². The maximum Gasteiger partial charge on any atom is 0.227 e. The van der Waals surface area contributed by atoms with Crippen LogP contribution in [0.15, 0.2) is 30.3 Å². The first-order valence-electron chi connectivity index (χ1n) is 10.4. The molecule has 0 bridgehead atoms. The summed E-state index contributed by atoms with van der Waals surface area (Å²) in [6, 6.07) is 9.20. The van der Waals surface area contributed by atoms with Gasteiger partial charge in [-0.2, -0.15) is 0 Å². The summed E-state index contributed by atoms with van der Waals surface area (Å²) in [6.45, 7) is 5.42. The Labute approximate surface area is 181 Å². The molecule has 1 unspecified atom stereocenters. The van der Waals surface area contributed by atoms with Crippen LogP contribution in [0.2, 0.25) is 0 Å². The number of carbonyl (C=O) groups excluding carboxylic acids is 2.